The lowest BCUT2D eigenvalue weighted by molar-refractivity contribution is -0.385. The minimum atomic E-state index is -3.91. The van der Waals surface area contributed by atoms with Crippen LogP contribution in [-0.4, -0.2) is 96.7 Å². The molecule has 5 rings (SSSR count). The maximum Gasteiger partial charge on any atom is 0.270 e. The van der Waals surface area contributed by atoms with Crippen LogP contribution in [0.3, 0.4) is 0 Å². The molecule has 2 fully saturated rings. The van der Waals surface area contributed by atoms with Crippen molar-refractivity contribution < 1.29 is 22.9 Å². The molecule has 0 saturated carbocycles. The number of piperazine rings is 1. The molecule has 1 amide bonds. The first-order valence-corrected chi connectivity index (χ1v) is 14.5. The van der Waals surface area contributed by atoms with Gasteiger partial charge in [0.2, 0.25) is 15.9 Å². The van der Waals surface area contributed by atoms with Crippen molar-refractivity contribution in [2.75, 3.05) is 63.1 Å². The number of amides is 1. The Morgan fingerprint density at radius 3 is 2.34 bits per heavy atom. The van der Waals surface area contributed by atoms with E-state index in [9.17, 15) is 23.3 Å². The molecule has 0 spiro atoms. The summed E-state index contributed by atoms with van der Waals surface area (Å²) in [7, 11) is -3.91. The number of morpholine rings is 1. The number of benzene rings is 2. The summed E-state index contributed by atoms with van der Waals surface area (Å²) < 4.78 is 32.7. The molecular formula is C24H26N6O6S2. The summed E-state index contributed by atoms with van der Waals surface area (Å²) in [5, 5.41) is 11.7. The number of hydrogen-bond acceptors (Lipinski definition) is 10. The van der Waals surface area contributed by atoms with Gasteiger partial charge >= 0.3 is 0 Å². The molecule has 200 valence electrons. The monoisotopic (exact) mass is 558 g/mol. The van der Waals surface area contributed by atoms with Gasteiger partial charge in [-0.2, -0.15) is 4.31 Å². The Balaban J connectivity index is 1.24. The van der Waals surface area contributed by atoms with Crippen molar-refractivity contribution in [1.82, 2.24) is 19.2 Å². The fraction of sp³-hybridized carbons (Fsp3) is 0.375. The summed E-state index contributed by atoms with van der Waals surface area (Å²) in [5.74, 6) is 0.755. The number of carbonyl (C=O) groups is 1. The molecule has 0 N–H and O–H groups in total. The third-order valence-corrected chi connectivity index (χ3v) is 9.26. The highest BCUT2D eigenvalue weighted by atomic mass is 32.2. The van der Waals surface area contributed by atoms with E-state index in [1.165, 1.54) is 34.3 Å². The summed E-state index contributed by atoms with van der Waals surface area (Å²) in [5.41, 5.74) is 1.25. The number of nitrogens with zero attached hydrogens (tertiary/aromatic N) is 6. The summed E-state index contributed by atoms with van der Waals surface area (Å²) in [6.45, 7) is 3.25. The second-order valence-corrected chi connectivity index (χ2v) is 11.7. The van der Waals surface area contributed by atoms with E-state index in [2.05, 4.69) is 4.90 Å². The van der Waals surface area contributed by atoms with Gasteiger partial charge in [-0.1, -0.05) is 30.0 Å². The number of thioether (sulfide) groups is 1. The maximum absolute atomic E-state index is 13.0. The molecule has 3 heterocycles. The molecule has 2 aliphatic heterocycles. The zero-order chi connectivity index (χ0) is 26.7. The highest BCUT2D eigenvalue weighted by Crippen LogP contribution is 2.30. The smallest absolute Gasteiger partial charge is 0.270 e. The number of anilines is 1. The first-order chi connectivity index (χ1) is 18.3. The normalized spacial score (nSPS) is 17.1. The van der Waals surface area contributed by atoms with Crippen LogP contribution in [0.25, 0.3) is 11.0 Å². The van der Waals surface area contributed by atoms with Crippen LogP contribution in [0.2, 0.25) is 0 Å². The van der Waals surface area contributed by atoms with Gasteiger partial charge in [0.05, 0.1) is 39.8 Å². The molecule has 0 aliphatic carbocycles. The zero-order valence-corrected chi connectivity index (χ0v) is 22.1. The van der Waals surface area contributed by atoms with Crippen molar-refractivity contribution in [3.05, 3.63) is 58.6 Å². The van der Waals surface area contributed by atoms with E-state index in [-0.39, 0.29) is 48.4 Å². The molecule has 0 atom stereocenters. The highest BCUT2D eigenvalue weighted by molar-refractivity contribution is 8.00. The Kier molecular flexibility index (Phi) is 7.74. The Morgan fingerprint density at radius 2 is 1.66 bits per heavy atom. The first-order valence-electron chi connectivity index (χ1n) is 12.1. The Labute approximate surface area is 223 Å². The third kappa shape index (κ3) is 5.57. The van der Waals surface area contributed by atoms with Gasteiger partial charge in [0.1, 0.15) is 5.03 Å². The number of carbonyl (C=O) groups excluding carboxylic acids is 1. The average Bonchev–Trinajstić information content (AvgIpc) is 2.96. The van der Waals surface area contributed by atoms with Gasteiger partial charge in [-0.05, 0) is 18.2 Å². The second-order valence-electron chi connectivity index (χ2n) is 8.77. The minimum absolute atomic E-state index is 0.107. The highest BCUT2D eigenvalue weighted by Gasteiger charge is 2.31. The van der Waals surface area contributed by atoms with Crippen LogP contribution >= 0.6 is 11.8 Å². The number of hydrogen-bond donors (Lipinski definition) is 0. The SMILES string of the molecule is O=C(CSc1nc2ccccc2nc1N1CCOCC1)N1CCN(S(=O)(=O)c2cccc([N+](=O)[O-])c2)CC1. The molecule has 0 radical (unpaired) electrons. The molecular weight excluding hydrogens is 532 g/mol. The quantitative estimate of drug-likeness (QED) is 0.240. The lowest BCUT2D eigenvalue weighted by Crippen LogP contribution is -2.51. The van der Waals surface area contributed by atoms with E-state index < -0.39 is 14.9 Å². The van der Waals surface area contributed by atoms with Gasteiger partial charge in [0.25, 0.3) is 5.69 Å². The number of nitro groups is 1. The van der Waals surface area contributed by atoms with E-state index in [1.54, 1.807) is 4.90 Å². The molecule has 14 heteroatoms. The molecule has 2 aliphatic rings. The predicted octanol–water partition coefficient (Wildman–Crippen LogP) is 2.00. The van der Waals surface area contributed by atoms with Crippen molar-refractivity contribution in [3.8, 4) is 0 Å². The van der Waals surface area contributed by atoms with E-state index in [0.717, 1.165) is 22.9 Å². The largest absolute Gasteiger partial charge is 0.378 e. The summed E-state index contributed by atoms with van der Waals surface area (Å²) in [6, 6.07) is 12.6. The number of non-ortho nitro benzene ring substituents is 1. The van der Waals surface area contributed by atoms with Gasteiger partial charge in [0.15, 0.2) is 5.82 Å². The third-order valence-electron chi connectivity index (χ3n) is 6.42. The number of ether oxygens (including phenoxy) is 1. The van der Waals surface area contributed by atoms with E-state index in [1.807, 2.05) is 24.3 Å². The van der Waals surface area contributed by atoms with Gasteiger partial charge in [-0.3, -0.25) is 14.9 Å². The lowest BCUT2D eigenvalue weighted by Gasteiger charge is -2.34. The summed E-state index contributed by atoms with van der Waals surface area (Å²) in [6.07, 6.45) is 0. The zero-order valence-electron chi connectivity index (χ0n) is 20.4. The first kappa shape index (κ1) is 26.3. The van der Waals surface area contributed by atoms with Crippen LogP contribution < -0.4 is 4.90 Å². The van der Waals surface area contributed by atoms with Crippen LogP contribution in [0.15, 0.2) is 58.5 Å². The average molecular weight is 559 g/mol. The van der Waals surface area contributed by atoms with E-state index in [0.29, 0.717) is 31.3 Å². The van der Waals surface area contributed by atoms with Crippen molar-refractivity contribution in [1.29, 1.82) is 0 Å². The lowest BCUT2D eigenvalue weighted by atomic mass is 10.3. The Hall–Kier alpha value is -3.33. The molecule has 1 aromatic heterocycles. The minimum Gasteiger partial charge on any atom is -0.378 e. The summed E-state index contributed by atoms with van der Waals surface area (Å²) in [4.78, 5) is 36.7. The fourth-order valence-electron chi connectivity index (χ4n) is 4.36. The van der Waals surface area contributed by atoms with Gasteiger partial charge in [-0.25, -0.2) is 18.4 Å². The maximum atomic E-state index is 13.0. The molecule has 2 aromatic carbocycles. The van der Waals surface area contributed by atoms with Gasteiger partial charge in [0, 0.05) is 51.4 Å². The number of aromatic nitrogens is 2. The Bertz CT molecular complexity index is 1460. The van der Waals surface area contributed by atoms with Crippen molar-refractivity contribution in [2.24, 2.45) is 0 Å². The van der Waals surface area contributed by atoms with Crippen molar-refractivity contribution in [2.45, 2.75) is 9.92 Å². The molecule has 3 aromatic rings. The number of fused-ring (bicyclic) bond motifs is 1. The standard InChI is InChI=1S/C24H26N6O6S2/c31-22(27-8-10-29(11-9-27)38(34,35)19-5-3-4-18(16-19)30(32)33)17-37-24-23(28-12-14-36-15-13-28)25-20-6-1-2-7-21(20)26-24/h1-7,16H,8-15,17H2. The van der Waals surface area contributed by atoms with Crippen LogP contribution in [0.4, 0.5) is 11.5 Å². The van der Waals surface area contributed by atoms with Gasteiger partial charge < -0.3 is 14.5 Å². The van der Waals surface area contributed by atoms with E-state index in [4.69, 9.17) is 14.7 Å². The summed E-state index contributed by atoms with van der Waals surface area (Å²) >= 11 is 1.32. The molecule has 2 saturated heterocycles. The van der Waals surface area contributed by atoms with Crippen LogP contribution in [0, 0.1) is 10.1 Å². The number of sulfonamides is 1. The number of para-hydroxylation sites is 2. The number of nitro benzene ring substituents is 1. The number of rotatable bonds is 7. The molecule has 0 bridgehead atoms. The second kappa shape index (κ2) is 11.2. The van der Waals surface area contributed by atoms with Crippen molar-refractivity contribution in [3.63, 3.8) is 0 Å². The Morgan fingerprint density at radius 1 is 0.974 bits per heavy atom. The van der Waals surface area contributed by atoms with E-state index >= 15 is 0 Å². The molecule has 0 unspecified atom stereocenters. The van der Waals surface area contributed by atoms with Crippen LogP contribution in [0.1, 0.15) is 0 Å². The van der Waals surface area contributed by atoms with Crippen molar-refractivity contribution >= 4 is 50.2 Å². The molecule has 12 nitrogen and oxygen atoms in total. The van der Waals surface area contributed by atoms with Crippen LogP contribution in [0.5, 0.6) is 0 Å². The topological polar surface area (TPSA) is 139 Å². The predicted molar refractivity (Wildman–Crippen MR) is 142 cm³/mol. The van der Waals surface area contributed by atoms with Gasteiger partial charge in [-0.15, -0.1) is 0 Å². The molecule has 38 heavy (non-hydrogen) atoms. The fourth-order valence-corrected chi connectivity index (χ4v) is 6.73. The van der Waals surface area contributed by atoms with Crippen LogP contribution in [-0.2, 0) is 19.6 Å².